The highest BCUT2D eigenvalue weighted by Gasteiger charge is 2.31. The molecule has 2 aromatic rings. The van der Waals surface area contributed by atoms with Crippen molar-refractivity contribution in [1.82, 2.24) is 4.90 Å². The van der Waals surface area contributed by atoms with Crippen LogP contribution in [0.25, 0.3) is 10.1 Å². The van der Waals surface area contributed by atoms with Crippen LogP contribution in [-0.4, -0.2) is 35.1 Å². The zero-order chi connectivity index (χ0) is 15.0. The maximum absolute atomic E-state index is 13.9. The zero-order valence-corrected chi connectivity index (χ0v) is 12.3. The first-order valence-corrected chi connectivity index (χ1v) is 7.83. The largest absolute Gasteiger partial charge is 0.397 e. The number of fused-ring (bicyclic) bond motifs is 1. The normalized spacial score (nSPS) is 15.1. The SMILES string of the molecule is Nc1c(C(=O)N(CCO)C2CCC2)sc2cccc(F)c12. The van der Waals surface area contributed by atoms with Gasteiger partial charge in [-0.25, -0.2) is 4.39 Å². The second-order valence-corrected chi connectivity index (χ2v) is 6.32. The lowest BCUT2D eigenvalue weighted by molar-refractivity contribution is 0.0531. The molecule has 0 bridgehead atoms. The monoisotopic (exact) mass is 308 g/mol. The molecule has 1 amide bonds. The molecular weight excluding hydrogens is 291 g/mol. The molecule has 1 aliphatic carbocycles. The Kier molecular flexibility index (Phi) is 3.82. The number of rotatable bonds is 4. The predicted molar refractivity (Wildman–Crippen MR) is 82.0 cm³/mol. The number of nitrogen functional groups attached to an aromatic ring is 1. The molecule has 1 fully saturated rings. The van der Waals surface area contributed by atoms with E-state index in [4.69, 9.17) is 5.73 Å². The fraction of sp³-hybridized carbons (Fsp3) is 0.400. The van der Waals surface area contributed by atoms with Crippen LogP contribution in [0.1, 0.15) is 28.9 Å². The number of amides is 1. The highest BCUT2D eigenvalue weighted by Crippen LogP contribution is 2.37. The fourth-order valence-corrected chi connectivity index (χ4v) is 3.77. The maximum atomic E-state index is 13.9. The number of aliphatic hydroxyl groups is 1. The number of nitrogens with zero attached hydrogens (tertiary/aromatic N) is 1. The van der Waals surface area contributed by atoms with Crippen LogP contribution >= 0.6 is 11.3 Å². The van der Waals surface area contributed by atoms with Crippen molar-refractivity contribution in [2.45, 2.75) is 25.3 Å². The average Bonchev–Trinajstić information content (AvgIpc) is 2.74. The second-order valence-electron chi connectivity index (χ2n) is 5.26. The lowest BCUT2D eigenvalue weighted by Gasteiger charge is -2.37. The van der Waals surface area contributed by atoms with Crippen molar-refractivity contribution in [1.29, 1.82) is 0 Å². The van der Waals surface area contributed by atoms with Gasteiger partial charge in [0, 0.05) is 17.3 Å². The van der Waals surface area contributed by atoms with Gasteiger partial charge in [0.25, 0.3) is 5.91 Å². The number of hydrogen-bond acceptors (Lipinski definition) is 4. The average molecular weight is 308 g/mol. The first-order valence-electron chi connectivity index (χ1n) is 7.01. The van der Waals surface area contributed by atoms with E-state index in [9.17, 15) is 14.3 Å². The molecule has 1 aliphatic rings. The van der Waals surface area contributed by atoms with Gasteiger partial charge in [0.15, 0.2) is 0 Å². The Morgan fingerprint density at radius 3 is 2.81 bits per heavy atom. The number of thiophene rings is 1. The summed E-state index contributed by atoms with van der Waals surface area (Å²) in [7, 11) is 0. The molecule has 1 saturated carbocycles. The Morgan fingerprint density at radius 2 is 2.24 bits per heavy atom. The van der Waals surface area contributed by atoms with Crippen molar-refractivity contribution < 1.29 is 14.3 Å². The Morgan fingerprint density at radius 1 is 1.48 bits per heavy atom. The van der Waals surface area contributed by atoms with Crippen molar-refractivity contribution in [2.24, 2.45) is 0 Å². The van der Waals surface area contributed by atoms with E-state index in [1.807, 2.05) is 0 Å². The van der Waals surface area contributed by atoms with E-state index in [1.54, 1.807) is 17.0 Å². The van der Waals surface area contributed by atoms with E-state index in [0.29, 0.717) is 21.5 Å². The van der Waals surface area contributed by atoms with Gasteiger partial charge in [0.05, 0.1) is 17.7 Å². The van der Waals surface area contributed by atoms with E-state index < -0.39 is 5.82 Å². The summed E-state index contributed by atoms with van der Waals surface area (Å²) in [4.78, 5) is 14.7. The smallest absolute Gasteiger partial charge is 0.266 e. The molecule has 0 atom stereocenters. The number of halogens is 1. The van der Waals surface area contributed by atoms with Gasteiger partial charge in [0.2, 0.25) is 0 Å². The highest BCUT2D eigenvalue weighted by molar-refractivity contribution is 7.21. The van der Waals surface area contributed by atoms with E-state index in [2.05, 4.69) is 0 Å². The van der Waals surface area contributed by atoms with Gasteiger partial charge >= 0.3 is 0 Å². The van der Waals surface area contributed by atoms with Crippen LogP contribution in [0.15, 0.2) is 18.2 Å². The van der Waals surface area contributed by atoms with Crippen molar-refractivity contribution in [3.8, 4) is 0 Å². The third-order valence-electron chi connectivity index (χ3n) is 4.01. The summed E-state index contributed by atoms with van der Waals surface area (Å²) in [6, 6.07) is 4.88. The topological polar surface area (TPSA) is 66.6 Å². The van der Waals surface area contributed by atoms with Gasteiger partial charge in [-0.05, 0) is 31.4 Å². The van der Waals surface area contributed by atoms with Gasteiger partial charge < -0.3 is 15.7 Å². The molecule has 1 aromatic heterocycles. The minimum atomic E-state index is -0.405. The number of aliphatic hydroxyl groups excluding tert-OH is 1. The molecule has 112 valence electrons. The standard InChI is InChI=1S/C15H17FN2O2S/c16-10-5-2-6-11-12(10)13(17)14(21-11)15(20)18(7-8-19)9-3-1-4-9/h2,5-6,9,19H,1,3-4,7-8,17H2. The van der Waals surface area contributed by atoms with Gasteiger partial charge in [-0.1, -0.05) is 6.07 Å². The fourth-order valence-electron chi connectivity index (χ4n) is 2.67. The van der Waals surface area contributed by atoms with Gasteiger partial charge in [0.1, 0.15) is 10.7 Å². The molecule has 3 rings (SSSR count). The van der Waals surface area contributed by atoms with Gasteiger partial charge in [-0.3, -0.25) is 4.79 Å². The van der Waals surface area contributed by atoms with Gasteiger partial charge in [-0.15, -0.1) is 11.3 Å². The minimum Gasteiger partial charge on any atom is -0.397 e. The number of carbonyl (C=O) groups excluding carboxylic acids is 1. The molecule has 1 aromatic carbocycles. The molecule has 0 spiro atoms. The van der Waals surface area contributed by atoms with Crippen LogP contribution in [0, 0.1) is 5.82 Å². The lowest BCUT2D eigenvalue weighted by atomic mass is 9.91. The van der Waals surface area contributed by atoms with E-state index >= 15 is 0 Å². The van der Waals surface area contributed by atoms with Crippen molar-refractivity contribution in [2.75, 3.05) is 18.9 Å². The molecule has 3 N–H and O–H groups in total. The summed E-state index contributed by atoms with van der Waals surface area (Å²) in [6.45, 7) is 0.209. The zero-order valence-electron chi connectivity index (χ0n) is 11.5. The lowest BCUT2D eigenvalue weighted by Crippen LogP contribution is -2.45. The molecule has 21 heavy (non-hydrogen) atoms. The second kappa shape index (κ2) is 5.61. The third kappa shape index (κ3) is 2.38. The summed E-state index contributed by atoms with van der Waals surface area (Å²) >= 11 is 1.21. The molecule has 1 heterocycles. The highest BCUT2D eigenvalue weighted by atomic mass is 32.1. The van der Waals surface area contributed by atoms with E-state index in [-0.39, 0.29) is 24.2 Å². The van der Waals surface area contributed by atoms with Gasteiger partial charge in [-0.2, -0.15) is 0 Å². The molecular formula is C15H17FN2O2S. The first kappa shape index (κ1) is 14.3. The molecule has 0 unspecified atom stereocenters. The van der Waals surface area contributed by atoms with E-state index in [1.165, 1.54) is 17.4 Å². The predicted octanol–water partition coefficient (Wildman–Crippen LogP) is 2.61. The van der Waals surface area contributed by atoms with Crippen LogP contribution in [0.4, 0.5) is 10.1 Å². The van der Waals surface area contributed by atoms with Crippen molar-refractivity contribution in [3.63, 3.8) is 0 Å². The van der Waals surface area contributed by atoms with Crippen molar-refractivity contribution >= 4 is 33.0 Å². The third-order valence-corrected chi connectivity index (χ3v) is 5.17. The Balaban J connectivity index is 2.00. The molecule has 0 saturated heterocycles. The number of anilines is 1. The van der Waals surface area contributed by atoms with Crippen LogP contribution in [0.2, 0.25) is 0 Å². The van der Waals surface area contributed by atoms with Crippen LogP contribution in [0.3, 0.4) is 0 Å². The summed E-state index contributed by atoms with van der Waals surface area (Å²) in [6.07, 6.45) is 2.99. The Hall–Kier alpha value is -1.66. The van der Waals surface area contributed by atoms with E-state index in [0.717, 1.165) is 19.3 Å². The van der Waals surface area contributed by atoms with Crippen LogP contribution in [-0.2, 0) is 0 Å². The van der Waals surface area contributed by atoms with Crippen LogP contribution < -0.4 is 5.73 Å². The van der Waals surface area contributed by atoms with Crippen molar-refractivity contribution in [3.05, 3.63) is 28.9 Å². The number of nitrogens with two attached hydrogens (primary N) is 1. The quantitative estimate of drug-likeness (QED) is 0.912. The molecule has 0 aliphatic heterocycles. The minimum absolute atomic E-state index is 0.0819. The molecule has 0 radical (unpaired) electrons. The first-order chi connectivity index (χ1) is 10.1. The summed E-state index contributed by atoms with van der Waals surface area (Å²) < 4.78 is 14.5. The molecule has 6 heteroatoms. The molecule has 4 nitrogen and oxygen atoms in total. The maximum Gasteiger partial charge on any atom is 0.266 e. The summed E-state index contributed by atoms with van der Waals surface area (Å²) in [5.41, 5.74) is 6.20. The van der Waals surface area contributed by atoms with Crippen LogP contribution in [0.5, 0.6) is 0 Å². The number of hydrogen-bond donors (Lipinski definition) is 2. The Labute approximate surface area is 126 Å². The number of carbonyl (C=O) groups is 1. The summed E-state index contributed by atoms with van der Waals surface area (Å²) in [5.74, 6) is -0.607. The Bertz CT molecular complexity index is 682. The number of benzene rings is 1. The summed E-state index contributed by atoms with van der Waals surface area (Å²) in [5, 5.41) is 9.50.